The van der Waals surface area contributed by atoms with E-state index in [2.05, 4.69) is 25.9 Å². The maximum absolute atomic E-state index is 12.9. The van der Waals surface area contributed by atoms with Crippen LogP contribution in [0.15, 0.2) is 72.9 Å². The summed E-state index contributed by atoms with van der Waals surface area (Å²) in [7, 11) is 0. The molecule has 1 aliphatic heterocycles. The number of ether oxygens (including phenoxy) is 1. The lowest BCUT2D eigenvalue weighted by Crippen LogP contribution is -2.51. The number of para-hydroxylation sites is 3. The van der Waals surface area contributed by atoms with Crippen LogP contribution in [-0.2, 0) is 0 Å². The molecule has 1 fully saturated rings. The molecule has 8 nitrogen and oxygen atoms in total. The van der Waals surface area contributed by atoms with Crippen molar-refractivity contribution in [2.45, 2.75) is 6.10 Å². The van der Waals surface area contributed by atoms with E-state index < -0.39 is 6.10 Å². The van der Waals surface area contributed by atoms with Gasteiger partial charge in [0.2, 0.25) is 0 Å². The normalized spacial score (nSPS) is 15.5. The number of nitrogens with one attached hydrogen (secondary N) is 1. The molecule has 2 N–H and O–H groups in total. The van der Waals surface area contributed by atoms with Crippen LogP contribution < -0.4 is 4.74 Å². The minimum absolute atomic E-state index is 0.108. The van der Waals surface area contributed by atoms with E-state index in [0.717, 1.165) is 33.1 Å². The fourth-order valence-corrected chi connectivity index (χ4v) is 4.88. The summed E-state index contributed by atoms with van der Waals surface area (Å²) in [5, 5.41) is 12.8. The Balaban J connectivity index is 1.04. The molecule has 0 spiro atoms. The van der Waals surface area contributed by atoms with Gasteiger partial charge in [0.1, 0.15) is 24.2 Å². The topological polar surface area (TPSA) is 94.6 Å². The third-order valence-corrected chi connectivity index (χ3v) is 6.72. The summed E-state index contributed by atoms with van der Waals surface area (Å²) in [4.78, 5) is 29.2. The van der Waals surface area contributed by atoms with E-state index in [1.54, 1.807) is 11.1 Å². The highest BCUT2D eigenvalue weighted by Crippen LogP contribution is 2.33. The van der Waals surface area contributed by atoms with Gasteiger partial charge in [-0.05, 0) is 30.3 Å². The number of aromatic amines is 1. The Morgan fingerprint density at radius 3 is 2.56 bits per heavy atom. The lowest BCUT2D eigenvalue weighted by molar-refractivity contribution is 0.0403. The third kappa shape index (κ3) is 4.36. The Labute approximate surface area is 208 Å². The number of β-amino-alcohol motifs (C(OH)–C–C–N with tert-alkyl or cyclic N) is 1. The van der Waals surface area contributed by atoms with Crippen LogP contribution in [-0.4, -0.2) is 81.2 Å². The zero-order valence-electron chi connectivity index (χ0n) is 19.8. The Hall–Kier alpha value is -4.01. The van der Waals surface area contributed by atoms with Gasteiger partial charge < -0.3 is 19.7 Å². The van der Waals surface area contributed by atoms with Crippen LogP contribution in [0.4, 0.5) is 0 Å². The first-order valence-corrected chi connectivity index (χ1v) is 12.2. The quantitative estimate of drug-likeness (QED) is 0.386. The smallest absolute Gasteiger partial charge is 0.274 e. The average molecular weight is 482 g/mol. The highest BCUT2D eigenvalue weighted by Gasteiger charge is 2.25. The van der Waals surface area contributed by atoms with Crippen LogP contribution in [0.1, 0.15) is 10.5 Å². The standard InChI is InChI=1S/C28H27N5O3/c34-19(18-36-26-11-5-10-24-27(26)20-6-1-2-7-21(20)30-24)17-32-12-14-33(15-13-32)28(35)25-16-29-22-8-3-4-9-23(22)31-25/h1-11,16,19,30,34H,12-15,17-18H2. The molecule has 36 heavy (non-hydrogen) atoms. The lowest BCUT2D eigenvalue weighted by atomic mass is 10.1. The van der Waals surface area contributed by atoms with E-state index in [-0.39, 0.29) is 12.5 Å². The molecular formula is C28H27N5O3. The summed E-state index contributed by atoms with van der Waals surface area (Å²) in [6.07, 6.45) is 0.908. The monoisotopic (exact) mass is 481 g/mol. The van der Waals surface area contributed by atoms with E-state index >= 15 is 0 Å². The van der Waals surface area contributed by atoms with Crippen molar-refractivity contribution in [1.29, 1.82) is 0 Å². The number of carbonyl (C=O) groups excluding carboxylic acids is 1. The van der Waals surface area contributed by atoms with E-state index in [1.807, 2.05) is 60.7 Å². The molecule has 0 aliphatic carbocycles. The highest BCUT2D eigenvalue weighted by atomic mass is 16.5. The fourth-order valence-electron chi connectivity index (χ4n) is 4.88. The number of piperazine rings is 1. The molecule has 1 atom stereocenters. The summed E-state index contributed by atoms with van der Waals surface area (Å²) >= 11 is 0. The minimum Gasteiger partial charge on any atom is -0.490 e. The first kappa shape index (κ1) is 22.5. The number of H-pyrrole nitrogens is 1. The molecule has 0 radical (unpaired) electrons. The number of benzene rings is 3. The summed E-state index contributed by atoms with van der Waals surface area (Å²) in [6.45, 7) is 3.21. The van der Waals surface area contributed by atoms with Crippen LogP contribution in [0.2, 0.25) is 0 Å². The van der Waals surface area contributed by atoms with E-state index in [9.17, 15) is 9.90 Å². The zero-order valence-corrected chi connectivity index (χ0v) is 19.8. The van der Waals surface area contributed by atoms with Crippen molar-refractivity contribution in [3.63, 3.8) is 0 Å². The molecule has 5 aromatic rings. The number of aromatic nitrogens is 3. The predicted octanol–water partition coefficient (Wildman–Crippen LogP) is 3.46. The Kier molecular flexibility index (Phi) is 5.96. The van der Waals surface area contributed by atoms with Crippen LogP contribution in [0.25, 0.3) is 32.8 Å². The number of aliphatic hydroxyl groups excluding tert-OH is 1. The number of aliphatic hydroxyl groups is 1. The lowest BCUT2D eigenvalue weighted by Gasteiger charge is -2.35. The second-order valence-corrected chi connectivity index (χ2v) is 9.15. The molecule has 3 aromatic carbocycles. The van der Waals surface area contributed by atoms with Gasteiger partial charge in [-0.1, -0.05) is 36.4 Å². The number of amides is 1. The van der Waals surface area contributed by atoms with Gasteiger partial charge in [-0.25, -0.2) is 4.98 Å². The van der Waals surface area contributed by atoms with Crippen molar-refractivity contribution >= 4 is 38.7 Å². The molecule has 1 unspecified atom stereocenters. The molecule has 6 rings (SSSR count). The van der Waals surface area contributed by atoms with Gasteiger partial charge in [-0.3, -0.25) is 14.7 Å². The summed E-state index contributed by atoms with van der Waals surface area (Å²) in [5.41, 5.74) is 3.93. The molecular weight excluding hydrogens is 454 g/mol. The van der Waals surface area contributed by atoms with Gasteiger partial charge in [0.05, 0.1) is 22.7 Å². The highest BCUT2D eigenvalue weighted by molar-refractivity contribution is 6.10. The van der Waals surface area contributed by atoms with Crippen molar-refractivity contribution in [1.82, 2.24) is 24.8 Å². The molecule has 1 aliphatic rings. The van der Waals surface area contributed by atoms with Gasteiger partial charge in [0, 0.05) is 49.0 Å². The maximum Gasteiger partial charge on any atom is 0.274 e. The number of rotatable bonds is 6. The van der Waals surface area contributed by atoms with E-state index in [1.165, 1.54) is 0 Å². The van der Waals surface area contributed by atoms with Crippen molar-refractivity contribution < 1.29 is 14.6 Å². The molecule has 0 saturated carbocycles. The summed E-state index contributed by atoms with van der Waals surface area (Å²) in [6, 6.07) is 21.6. The summed E-state index contributed by atoms with van der Waals surface area (Å²) in [5.74, 6) is 0.652. The predicted molar refractivity (Wildman–Crippen MR) is 139 cm³/mol. The van der Waals surface area contributed by atoms with E-state index in [4.69, 9.17) is 4.74 Å². The van der Waals surface area contributed by atoms with Crippen LogP contribution >= 0.6 is 0 Å². The maximum atomic E-state index is 12.9. The average Bonchev–Trinajstić information content (AvgIpc) is 3.31. The first-order chi connectivity index (χ1) is 17.7. The van der Waals surface area contributed by atoms with Crippen LogP contribution in [0.3, 0.4) is 0 Å². The first-order valence-electron chi connectivity index (χ1n) is 12.2. The summed E-state index contributed by atoms with van der Waals surface area (Å²) < 4.78 is 6.06. The molecule has 8 heteroatoms. The van der Waals surface area contributed by atoms with Crippen LogP contribution in [0.5, 0.6) is 5.75 Å². The second kappa shape index (κ2) is 9.56. The molecule has 3 heterocycles. The molecule has 1 amide bonds. The SMILES string of the molecule is O=C(c1cnc2ccccc2n1)N1CCN(CC(O)COc2cccc3[nH]c4ccccc4c23)CC1. The third-order valence-electron chi connectivity index (χ3n) is 6.72. The van der Waals surface area contributed by atoms with Crippen molar-refractivity contribution in [3.05, 3.63) is 78.6 Å². The molecule has 2 aromatic heterocycles. The van der Waals surface area contributed by atoms with Crippen LogP contribution in [0, 0.1) is 0 Å². The Morgan fingerprint density at radius 1 is 0.944 bits per heavy atom. The van der Waals surface area contributed by atoms with Gasteiger partial charge in [-0.2, -0.15) is 0 Å². The Bertz CT molecular complexity index is 1540. The fraction of sp³-hybridized carbons (Fsp3) is 0.250. The number of nitrogens with zero attached hydrogens (tertiary/aromatic N) is 4. The number of carbonyl (C=O) groups is 1. The number of fused-ring (bicyclic) bond motifs is 4. The second-order valence-electron chi connectivity index (χ2n) is 9.15. The van der Waals surface area contributed by atoms with E-state index in [0.29, 0.717) is 43.9 Å². The van der Waals surface area contributed by atoms with Gasteiger partial charge in [0.25, 0.3) is 5.91 Å². The van der Waals surface area contributed by atoms with Gasteiger partial charge in [0.15, 0.2) is 0 Å². The molecule has 0 bridgehead atoms. The zero-order chi connectivity index (χ0) is 24.5. The minimum atomic E-state index is -0.640. The van der Waals surface area contributed by atoms with Crippen molar-refractivity contribution in [2.24, 2.45) is 0 Å². The van der Waals surface area contributed by atoms with Crippen molar-refractivity contribution in [3.8, 4) is 5.75 Å². The van der Waals surface area contributed by atoms with Crippen molar-refractivity contribution in [2.75, 3.05) is 39.3 Å². The number of hydrogen-bond acceptors (Lipinski definition) is 6. The largest absolute Gasteiger partial charge is 0.490 e. The molecule has 1 saturated heterocycles. The Morgan fingerprint density at radius 2 is 1.69 bits per heavy atom. The van der Waals surface area contributed by atoms with Gasteiger partial charge >= 0.3 is 0 Å². The number of hydrogen-bond donors (Lipinski definition) is 2. The molecule has 182 valence electrons. The van der Waals surface area contributed by atoms with Gasteiger partial charge in [-0.15, -0.1) is 0 Å².